The summed E-state index contributed by atoms with van der Waals surface area (Å²) in [5.74, 6) is 0.966. The third-order valence-corrected chi connectivity index (χ3v) is 8.65. The van der Waals surface area contributed by atoms with Crippen LogP contribution in [0, 0.1) is 17.8 Å². The summed E-state index contributed by atoms with van der Waals surface area (Å²) in [4.78, 5) is 18.5. The molecule has 0 unspecified atom stereocenters. The number of amides is 1. The fourth-order valence-corrected chi connectivity index (χ4v) is 7.20. The standard InChI is InChI=1S/C21H23N3O4S/c1-23(18-7-2-3-8-22-18)21(26)13-5-4-6-16(10-13)29(27,28)24-12-15-9-14-11-17(15)19(24)20(14)25/h2-8,10,14-15,17,19-20,25H,9,11-12H2,1H3/t14-,15-,17+,19+,20-/m0/s1. The first-order chi connectivity index (χ1) is 13.9. The van der Waals surface area contributed by atoms with Gasteiger partial charge in [-0.25, -0.2) is 13.4 Å². The predicted molar refractivity (Wildman–Crippen MR) is 107 cm³/mol. The number of pyridine rings is 1. The highest BCUT2D eigenvalue weighted by Crippen LogP contribution is 2.56. The van der Waals surface area contributed by atoms with Gasteiger partial charge >= 0.3 is 0 Å². The number of rotatable bonds is 4. The highest BCUT2D eigenvalue weighted by Gasteiger charge is 2.61. The minimum atomic E-state index is -3.79. The van der Waals surface area contributed by atoms with Gasteiger partial charge in [0.15, 0.2) is 0 Å². The van der Waals surface area contributed by atoms with Crippen LogP contribution in [-0.4, -0.2) is 54.5 Å². The highest BCUT2D eigenvalue weighted by molar-refractivity contribution is 7.89. The summed E-state index contributed by atoms with van der Waals surface area (Å²) in [6.07, 6.45) is 2.83. The van der Waals surface area contributed by atoms with Crippen LogP contribution >= 0.6 is 0 Å². The van der Waals surface area contributed by atoms with E-state index in [1.54, 1.807) is 43.6 Å². The van der Waals surface area contributed by atoms with Crippen LogP contribution in [0.15, 0.2) is 53.6 Å². The number of hydrogen-bond donors (Lipinski definition) is 1. The molecular formula is C21H23N3O4S. The Morgan fingerprint density at radius 1 is 1.17 bits per heavy atom. The predicted octanol–water partition coefficient (Wildman–Crippen LogP) is 1.75. The van der Waals surface area contributed by atoms with Crippen molar-refractivity contribution in [3.05, 3.63) is 54.2 Å². The number of sulfonamides is 1. The Morgan fingerprint density at radius 2 is 2.00 bits per heavy atom. The largest absolute Gasteiger partial charge is 0.391 e. The summed E-state index contributed by atoms with van der Waals surface area (Å²) in [5.41, 5.74) is 0.284. The van der Waals surface area contributed by atoms with E-state index in [0.717, 1.165) is 12.8 Å². The van der Waals surface area contributed by atoms with Crippen molar-refractivity contribution in [3.63, 3.8) is 0 Å². The van der Waals surface area contributed by atoms with Gasteiger partial charge in [-0.2, -0.15) is 4.31 Å². The molecule has 3 aliphatic rings. The van der Waals surface area contributed by atoms with E-state index in [4.69, 9.17) is 0 Å². The summed E-state index contributed by atoms with van der Waals surface area (Å²) in [7, 11) is -2.18. The van der Waals surface area contributed by atoms with Crippen molar-refractivity contribution >= 4 is 21.7 Å². The second-order valence-electron chi connectivity index (χ2n) is 8.29. The number of nitrogens with zero attached hydrogens (tertiary/aromatic N) is 3. The molecule has 1 amide bonds. The van der Waals surface area contributed by atoms with E-state index in [0.29, 0.717) is 18.3 Å². The van der Waals surface area contributed by atoms with E-state index >= 15 is 0 Å². The fraction of sp³-hybridized carbons (Fsp3) is 0.429. The van der Waals surface area contributed by atoms with Crippen LogP contribution in [0.1, 0.15) is 23.2 Å². The highest BCUT2D eigenvalue weighted by atomic mass is 32.2. The molecule has 1 saturated heterocycles. The minimum absolute atomic E-state index is 0.0923. The summed E-state index contributed by atoms with van der Waals surface area (Å²) in [5, 5.41) is 10.6. The third kappa shape index (κ3) is 2.81. The van der Waals surface area contributed by atoms with E-state index in [1.807, 2.05) is 0 Å². The number of hydrogen-bond acceptors (Lipinski definition) is 5. The van der Waals surface area contributed by atoms with Crippen LogP contribution in [-0.2, 0) is 10.0 Å². The molecule has 8 heteroatoms. The molecule has 0 radical (unpaired) electrons. The van der Waals surface area contributed by atoms with Gasteiger partial charge in [0, 0.05) is 25.4 Å². The lowest BCUT2D eigenvalue weighted by Gasteiger charge is -2.28. The average molecular weight is 413 g/mol. The monoisotopic (exact) mass is 413 g/mol. The molecule has 7 nitrogen and oxygen atoms in total. The molecule has 1 aromatic heterocycles. The maximum Gasteiger partial charge on any atom is 0.259 e. The number of aromatic nitrogens is 1. The molecule has 3 fully saturated rings. The van der Waals surface area contributed by atoms with Crippen molar-refractivity contribution in [3.8, 4) is 0 Å². The lowest BCUT2D eigenvalue weighted by atomic mass is 9.88. The molecule has 5 rings (SSSR count). The van der Waals surface area contributed by atoms with Crippen molar-refractivity contribution in [1.82, 2.24) is 9.29 Å². The number of carbonyl (C=O) groups is 1. The molecule has 2 saturated carbocycles. The smallest absolute Gasteiger partial charge is 0.259 e. The van der Waals surface area contributed by atoms with Gasteiger partial charge < -0.3 is 5.11 Å². The number of fused-ring (bicyclic) bond motifs is 1. The Morgan fingerprint density at radius 3 is 2.72 bits per heavy atom. The Kier molecular flexibility index (Phi) is 4.27. The van der Waals surface area contributed by atoms with Gasteiger partial charge in [-0.3, -0.25) is 9.69 Å². The van der Waals surface area contributed by atoms with Crippen molar-refractivity contribution in [2.24, 2.45) is 17.8 Å². The van der Waals surface area contributed by atoms with E-state index in [-0.39, 0.29) is 34.2 Å². The first kappa shape index (κ1) is 18.7. The second kappa shape index (κ2) is 6.62. The molecule has 2 bridgehead atoms. The van der Waals surface area contributed by atoms with Gasteiger partial charge in [0.05, 0.1) is 17.0 Å². The van der Waals surface area contributed by atoms with Crippen LogP contribution in [0.4, 0.5) is 5.82 Å². The van der Waals surface area contributed by atoms with Crippen molar-refractivity contribution < 1.29 is 18.3 Å². The zero-order valence-electron chi connectivity index (χ0n) is 16.0. The van der Waals surface area contributed by atoms with Gasteiger partial charge in [-0.05, 0) is 60.9 Å². The number of anilines is 1. The van der Waals surface area contributed by atoms with Crippen LogP contribution in [0.3, 0.4) is 0 Å². The molecule has 1 N–H and O–H groups in total. The van der Waals surface area contributed by atoms with Crippen LogP contribution < -0.4 is 4.90 Å². The number of benzene rings is 1. The van der Waals surface area contributed by atoms with Crippen molar-refractivity contribution in [2.45, 2.75) is 29.9 Å². The normalized spacial score (nSPS) is 30.6. The van der Waals surface area contributed by atoms with E-state index < -0.39 is 16.1 Å². The third-order valence-electron chi connectivity index (χ3n) is 6.79. The molecular weight excluding hydrogens is 390 g/mol. The van der Waals surface area contributed by atoms with Gasteiger partial charge in [0.1, 0.15) is 5.82 Å². The summed E-state index contributed by atoms with van der Waals surface area (Å²) in [6.45, 7) is 0.456. The Bertz CT molecular complexity index is 1060. The Hall–Kier alpha value is -2.29. The lowest BCUT2D eigenvalue weighted by molar-refractivity contribution is 0.0731. The van der Waals surface area contributed by atoms with E-state index in [2.05, 4.69) is 4.98 Å². The van der Waals surface area contributed by atoms with Crippen LogP contribution in [0.2, 0.25) is 0 Å². The molecule has 0 spiro atoms. The first-order valence-electron chi connectivity index (χ1n) is 9.87. The van der Waals surface area contributed by atoms with E-state index in [1.165, 1.54) is 21.3 Å². The lowest BCUT2D eigenvalue weighted by Crippen LogP contribution is -2.43. The minimum Gasteiger partial charge on any atom is -0.391 e. The van der Waals surface area contributed by atoms with Crippen LogP contribution in [0.5, 0.6) is 0 Å². The second-order valence-corrected chi connectivity index (χ2v) is 10.2. The van der Waals surface area contributed by atoms with E-state index in [9.17, 15) is 18.3 Å². The molecule has 2 aliphatic carbocycles. The maximum atomic E-state index is 13.4. The zero-order valence-corrected chi connectivity index (χ0v) is 16.9. The fourth-order valence-electron chi connectivity index (χ4n) is 5.41. The molecule has 2 heterocycles. The molecule has 152 valence electrons. The summed E-state index contributed by atoms with van der Waals surface area (Å²) in [6, 6.07) is 11.1. The number of carbonyl (C=O) groups excluding carboxylic acids is 1. The summed E-state index contributed by atoms with van der Waals surface area (Å²) < 4.78 is 28.2. The molecule has 5 atom stereocenters. The quantitative estimate of drug-likeness (QED) is 0.825. The Labute approximate surface area is 170 Å². The summed E-state index contributed by atoms with van der Waals surface area (Å²) >= 11 is 0. The Balaban J connectivity index is 1.44. The van der Waals surface area contributed by atoms with Gasteiger partial charge in [0.25, 0.3) is 5.91 Å². The van der Waals surface area contributed by atoms with Gasteiger partial charge in [-0.15, -0.1) is 0 Å². The number of aliphatic hydroxyl groups excluding tert-OH is 1. The zero-order chi connectivity index (χ0) is 20.3. The maximum absolute atomic E-state index is 13.4. The average Bonchev–Trinajstić information content (AvgIpc) is 3.37. The first-order valence-corrected chi connectivity index (χ1v) is 11.3. The molecule has 2 aromatic rings. The van der Waals surface area contributed by atoms with Gasteiger partial charge in [-0.1, -0.05) is 12.1 Å². The van der Waals surface area contributed by atoms with Crippen molar-refractivity contribution in [2.75, 3.05) is 18.5 Å². The van der Waals surface area contributed by atoms with Crippen molar-refractivity contribution in [1.29, 1.82) is 0 Å². The number of aliphatic hydroxyl groups is 1. The molecule has 1 aromatic carbocycles. The molecule has 1 aliphatic heterocycles. The van der Waals surface area contributed by atoms with Crippen LogP contribution in [0.25, 0.3) is 0 Å². The molecule has 29 heavy (non-hydrogen) atoms. The topological polar surface area (TPSA) is 90.8 Å². The SMILES string of the molecule is CN(C(=O)c1cccc(S(=O)(=O)N2C[C@@H]3C[C@H]4C[C@H]3[C@@H]2[C@H]4O)c1)c1ccccn1. The van der Waals surface area contributed by atoms with Gasteiger partial charge in [0.2, 0.25) is 10.0 Å².